The lowest BCUT2D eigenvalue weighted by Gasteiger charge is -2.05. The number of aromatic nitrogens is 3. The van der Waals surface area contributed by atoms with Gasteiger partial charge in [0.2, 0.25) is 0 Å². The lowest BCUT2D eigenvalue weighted by atomic mass is 10.2. The third-order valence-electron chi connectivity index (χ3n) is 2.37. The second-order valence-corrected chi connectivity index (χ2v) is 3.39. The SMILES string of the molecule is NCc1cncn1CCc1cccnc1. The van der Waals surface area contributed by atoms with Crippen molar-refractivity contribution in [1.82, 2.24) is 14.5 Å². The van der Waals surface area contributed by atoms with Crippen LogP contribution in [-0.2, 0) is 19.5 Å². The molecule has 0 aromatic carbocycles. The van der Waals surface area contributed by atoms with Gasteiger partial charge in [-0.2, -0.15) is 0 Å². The molecule has 2 N–H and O–H groups in total. The zero-order valence-corrected chi connectivity index (χ0v) is 8.50. The molecule has 0 saturated carbocycles. The lowest BCUT2D eigenvalue weighted by molar-refractivity contribution is 0.659. The summed E-state index contributed by atoms with van der Waals surface area (Å²) in [6.45, 7) is 1.44. The van der Waals surface area contributed by atoms with Crippen LogP contribution in [-0.4, -0.2) is 14.5 Å². The van der Waals surface area contributed by atoms with Gasteiger partial charge in [-0.15, -0.1) is 0 Å². The Morgan fingerprint density at radius 3 is 2.93 bits per heavy atom. The molecule has 78 valence electrons. The van der Waals surface area contributed by atoms with Gasteiger partial charge in [0.05, 0.1) is 12.0 Å². The minimum Gasteiger partial charge on any atom is -0.333 e. The number of hydrogen-bond donors (Lipinski definition) is 1. The van der Waals surface area contributed by atoms with Crippen molar-refractivity contribution >= 4 is 0 Å². The molecule has 0 bridgehead atoms. The highest BCUT2D eigenvalue weighted by Gasteiger charge is 1.99. The molecular formula is C11H14N4. The van der Waals surface area contributed by atoms with Crippen molar-refractivity contribution in [3.05, 3.63) is 48.3 Å². The summed E-state index contributed by atoms with van der Waals surface area (Å²) in [5, 5.41) is 0. The van der Waals surface area contributed by atoms with Crippen LogP contribution < -0.4 is 5.73 Å². The highest BCUT2D eigenvalue weighted by Crippen LogP contribution is 2.03. The molecule has 0 radical (unpaired) electrons. The molecule has 4 heteroatoms. The van der Waals surface area contributed by atoms with Gasteiger partial charge in [0.15, 0.2) is 0 Å². The molecule has 15 heavy (non-hydrogen) atoms. The summed E-state index contributed by atoms with van der Waals surface area (Å²) in [6, 6.07) is 4.03. The van der Waals surface area contributed by atoms with Crippen molar-refractivity contribution < 1.29 is 0 Å². The molecule has 2 aromatic heterocycles. The van der Waals surface area contributed by atoms with E-state index in [0.717, 1.165) is 18.7 Å². The third-order valence-corrected chi connectivity index (χ3v) is 2.37. The maximum Gasteiger partial charge on any atom is 0.0948 e. The first-order valence-corrected chi connectivity index (χ1v) is 4.98. The van der Waals surface area contributed by atoms with Crippen molar-refractivity contribution in [2.45, 2.75) is 19.5 Å². The molecule has 0 atom stereocenters. The van der Waals surface area contributed by atoms with Gasteiger partial charge in [-0.05, 0) is 18.1 Å². The fourth-order valence-corrected chi connectivity index (χ4v) is 1.52. The van der Waals surface area contributed by atoms with Crippen LogP contribution in [0.3, 0.4) is 0 Å². The summed E-state index contributed by atoms with van der Waals surface area (Å²) in [4.78, 5) is 8.15. The molecule has 0 amide bonds. The maximum absolute atomic E-state index is 5.59. The van der Waals surface area contributed by atoms with Gasteiger partial charge in [-0.3, -0.25) is 4.98 Å². The molecule has 2 heterocycles. The second-order valence-electron chi connectivity index (χ2n) is 3.39. The molecule has 0 aliphatic rings. The van der Waals surface area contributed by atoms with E-state index in [2.05, 4.69) is 20.6 Å². The van der Waals surface area contributed by atoms with Gasteiger partial charge in [0, 0.05) is 31.7 Å². The van der Waals surface area contributed by atoms with Crippen LogP contribution in [0.25, 0.3) is 0 Å². The predicted molar refractivity (Wildman–Crippen MR) is 58.1 cm³/mol. The second kappa shape index (κ2) is 4.70. The van der Waals surface area contributed by atoms with Crippen molar-refractivity contribution in [1.29, 1.82) is 0 Å². The number of nitrogens with two attached hydrogens (primary N) is 1. The Bertz CT molecular complexity index is 408. The van der Waals surface area contributed by atoms with Crippen LogP contribution in [0.4, 0.5) is 0 Å². The van der Waals surface area contributed by atoms with Gasteiger partial charge in [0.25, 0.3) is 0 Å². The largest absolute Gasteiger partial charge is 0.333 e. The quantitative estimate of drug-likeness (QED) is 0.804. The van der Waals surface area contributed by atoms with Crippen molar-refractivity contribution in [3.63, 3.8) is 0 Å². The van der Waals surface area contributed by atoms with E-state index in [1.807, 2.05) is 24.8 Å². The van der Waals surface area contributed by atoms with Crippen LogP contribution in [0.15, 0.2) is 37.1 Å². The van der Waals surface area contributed by atoms with Crippen LogP contribution in [0.2, 0.25) is 0 Å². The number of hydrogen-bond acceptors (Lipinski definition) is 3. The van der Waals surface area contributed by atoms with Crippen molar-refractivity contribution in [3.8, 4) is 0 Å². The summed E-state index contributed by atoms with van der Waals surface area (Å²) in [5.41, 5.74) is 7.89. The van der Waals surface area contributed by atoms with E-state index in [1.165, 1.54) is 5.56 Å². The van der Waals surface area contributed by atoms with Crippen LogP contribution in [0.1, 0.15) is 11.3 Å². The maximum atomic E-state index is 5.59. The van der Waals surface area contributed by atoms with E-state index < -0.39 is 0 Å². The Labute approximate surface area is 88.8 Å². The summed E-state index contributed by atoms with van der Waals surface area (Å²) in [7, 11) is 0. The van der Waals surface area contributed by atoms with E-state index in [-0.39, 0.29) is 0 Å². The summed E-state index contributed by atoms with van der Waals surface area (Å²) in [5.74, 6) is 0. The van der Waals surface area contributed by atoms with E-state index in [1.54, 1.807) is 6.20 Å². The number of pyridine rings is 1. The van der Waals surface area contributed by atoms with Gasteiger partial charge in [-0.25, -0.2) is 4.98 Å². The predicted octanol–water partition coefficient (Wildman–Crippen LogP) is 0.979. The van der Waals surface area contributed by atoms with Gasteiger partial charge < -0.3 is 10.3 Å². The summed E-state index contributed by atoms with van der Waals surface area (Å²) >= 11 is 0. The summed E-state index contributed by atoms with van der Waals surface area (Å²) < 4.78 is 2.08. The molecule has 0 aliphatic carbocycles. The Morgan fingerprint density at radius 1 is 1.27 bits per heavy atom. The first-order chi connectivity index (χ1) is 7.40. The molecule has 0 aliphatic heterocycles. The molecular weight excluding hydrogens is 188 g/mol. The van der Waals surface area contributed by atoms with Crippen molar-refractivity contribution in [2.24, 2.45) is 5.73 Å². The van der Waals surface area contributed by atoms with Crippen molar-refractivity contribution in [2.75, 3.05) is 0 Å². The van der Waals surface area contributed by atoms with Gasteiger partial charge >= 0.3 is 0 Å². The number of rotatable bonds is 4. The Balaban J connectivity index is 1.99. The molecule has 0 saturated heterocycles. The topological polar surface area (TPSA) is 56.7 Å². The molecule has 4 nitrogen and oxygen atoms in total. The average Bonchev–Trinajstić information content (AvgIpc) is 2.75. The first-order valence-electron chi connectivity index (χ1n) is 4.98. The molecule has 0 fully saturated rings. The number of nitrogens with zero attached hydrogens (tertiary/aromatic N) is 3. The molecule has 0 spiro atoms. The standard InChI is InChI=1S/C11H14N4/c12-6-11-8-14-9-15(11)5-3-10-2-1-4-13-7-10/h1-2,4,7-9H,3,5-6,12H2. The molecule has 2 aromatic rings. The number of imidazole rings is 1. The smallest absolute Gasteiger partial charge is 0.0948 e. The average molecular weight is 202 g/mol. The zero-order valence-electron chi connectivity index (χ0n) is 8.50. The highest BCUT2D eigenvalue weighted by molar-refractivity contribution is 5.09. The van der Waals surface area contributed by atoms with Gasteiger partial charge in [0.1, 0.15) is 0 Å². The number of aryl methyl sites for hydroxylation is 2. The fraction of sp³-hybridized carbons (Fsp3) is 0.273. The van der Waals surface area contributed by atoms with Crippen LogP contribution >= 0.6 is 0 Å². The van der Waals surface area contributed by atoms with Crippen LogP contribution in [0, 0.1) is 0 Å². The van der Waals surface area contributed by atoms with Gasteiger partial charge in [-0.1, -0.05) is 6.07 Å². The minimum absolute atomic E-state index is 0.535. The van der Waals surface area contributed by atoms with E-state index in [4.69, 9.17) is 5.73 Å². The fourth-order valence-electron chi connectivity index (χ4n) is 1.52. The third kappa shape index (κ3) is 2.41. The molecule has 0 unspecified atom stereocenters. The van der Waals surface area contributed by atoms with E-state index in [9.17, 15) is 0 Å². The summed E-state index contributed by atoms with van der Waals surface area (Å²) in [6.07, 6.45) is 8.25. The zero-order chi connectivity index (χ0) is 10.5. The first kappa shape index (κ1) is 9.86. The Hall–Kier alpha value is -1.68. The van der Waals surface area contributed by atoms with E-state index >= 15 is 0 Å². The normalized spacial score (nSPS) is 10.5. The Kier molecular flexibility index (Phi) is 3.09. The Morgan fingerprint density at radius 2 is 2.20 bits per heavy atom. The minimum atomic E-state index is 0.535. The molecule has 2 rings (SSSR count). The van der Waals surface area contributed by atoms with Crippen LogP contribution in [0.5, 0.6) is 0 Å². The van der Waals surface area contributed by atoms with E-state index in [0.29, 0.717) is 6.54 Å². The monoisotopic (exact) mass is 202 g/mol. The lowest BCUT2D eigenvalue weighted by Crippen LogP contribution is -2.08. The highest BCUT2D eigenvalue weighted by atomic mass is 15.0.